The van der Waals surface area contributed by atoms with Crippen LogP contribution in [0.3, 0.4) is 0 Å². The lowest BCUT2D eigenvalue weighted by Gasteiger charge is -2.21. The maximum Gasteiger partial charge on any atom is 0.275 e. The second kappa shape index (κ2) is 8.50. The zero-order chi connectivity index (χ0) is 19.5. The first kappa shape index (κ1) is 19.2. The molecule has 0 saturated carbocycles. The molecule has 9 heteroatoms. The molecular formula is C19H22N4O3S2. The SMILES string of the molecule is CCc1cc(=O)n2nc(Nc3cccc(CS(=O)C4CCOCC4)c3)sc2n1. The van der Waals surface area contributed by atoms with E-state index >= 15 is 0 Å². The molecule has 4 rings (SSSR count). The molecule has 1 saturated heterocycles. The van der Waals surface area contributed by atoms with Crippen LogP contribution in [0.1, 0.15) is 31.0 Å². The summed E-state index contributed by atoms with van der Waals surface area (Å²) in [6, 6.07) is 9.35. The molecule has 2 aromatic heterocycles. The van der Waals surface area contributed by atoms with Crippen molar-refractivity contribution in [1.82, 2.24) is 14.6 Å². The van der Waals surface area contributed by atoms with E-state index in [1.54, 1.807) is 0 Å². The molecular weight excluding hydrogens is 396 g/mol. The van der Waals surface area contributed by atoms with Crippen LogP contribution in [-0.4, -0.2) is 37.3 Å². The summed E-state index contributed by atoms with van der Waals surface area (Å²) in [7, 11) is -0.908. The topological polar surface area (TPSA) is 85.6 Å². The van der Waals surface area contributed by atoms with Crippen LogP contribution >= 0.6 is 11.3 Å². The van der Waals surface area contributed by atoms with Gasteiger partial charge in [-0.2, -0.15) is 4.52 Å². The van der Waals surface area contributed by atoms with Gasteiger partial charge < -0.3 is 10.1 Å². The summed E-state index contributed by atoms with van der Waals surface area (Å²) in [4.78, 5) is 17.2. The molecule has 0 amide bonds. The average Bonchev–Trinajstić information content (AvgIpc) is 3.11. The number of anilines is 2. The van der Waals surface area contributed by atoms with E-state index in [0.29, 0.717) is 35.5 Å². The Kier molecular flexibility index (Phi) is 5.84. The monoisotopic (exact) mass is 418 g/mol. The molecule has 1 aliphatic heterocycles. The second-order valence-electron chi connectivity index (χ2n) is 6.70. The molecule has 3 aromatic rings. The number of hydrogen-bond donors (Lipinski definition) is 1. The van der Waals surface area contributed by atoms with Crippen molar-refractivity contribution < 1.29 is 8.95 Å². The normalized spacial score (nSPS) is 16.3. The van der Waals surface area contributed by atoms with Crippen LogP contribution in [0.2, 0.25) is 0 Å². The first-order chi connectivity index (χ1) is 13.6. The number of benzene rings is 1. The van der Waals surface area contributed by atoms with Gasteiger partial charge in [0, 0.05) is 52.5 Å². The van der Waals surface area contributed by atoms with Gasteiger partial charge in [0.25, 0.3) is 5.56 Å². The largest absolute Gasteiger partial charge is 0.381 e. The molecule has 1 fully saturated rings. The van der Waals surface area contributed by atoms with Crippen LogP contribution in [0, 0.1) is 0 Å². The number of rotatable bonds is 6. The average molecular weight is 419 g/mol. The third-order valence-electron chi connectivity index (χ3n) is 4.69. The van der Waals surface area contributed by atoms with Gasteiger partial charge in [-0.25, -0.2) is 4.98 Å². The van der Waals surface area contributed by atoms with Crippen LogP contribution in [0.25, 0.3) is 4.96 Å². The van der Waals surface area contributed by atoms with Crippen molar-refractivity contribution in [2.45, 2.75) is 37.2 Å². The summed E-state index contributed by atoms with van der Waals surface area (Å²) in [6.45, 7) is 3.36. The number of aromatic nitrogens is 3. The number of aryl methyl sites for hydroxylation is 1. The van der Waals surface area contributed by atoms with E-state index in [4.69, 9.17) is 4.74 Å². The van der Waals surface area contributed by atoms with Crippen molar-refractivity contribution in [1.29, 1.82) is 0 Å². The van der Waals surface area contributed by atoms with Crippen molar-refractivity contribution in [3.8, 4) is 0 Å². The Morgan fingerprint density at radius 3 is 2.93 bits per heavy atom. The molecule has 1 aromatic carbocycles. The molecule has 1 aliphatic rings. The first-order valence-electron chi connectivity index (χ1n) is 9.33. The predicted octanol–water partition coefficient (Wildman–Crippen LogP) is 2.88. The smallest absolute Gasteiger partial charge is 0.275 e. The Morgan fingerprint density at radius 2 is 2.14 bits per heavy atom. The van der Waals surface area contributed by atoms with E-state index in [2.05, 4.69) is 15.4 Å². The minimum atomic E-state index is -0.908. The summed E-state index contributed by atoms with van der Waals surface area (Å²) in [5, 5.41) is 8.37. The molecule has 0 radical (unpaired) electrons. The third kappa shape index (κ3) is 4.31. The van der Waals surface area contributed by atoms with Crippen molar-refractivity contribution in [3.05, 3.63) is 51.9 Å². The summed E-state index contributed by atoms with van der Waals surface area (Å²) in [5.74, 6) is 0.529. The highest BCUT2D eigenvalue weighted by molar-refractivity contribution is 7.84. The Bertz CT molecular complexity index is 1060. The van der Waals surface area contributed by atoms with Crippen molar-refractivity contribution in [3.63, 3.8) is 0 Å². The number of nitrogens with zero attached hydrogens (tertiary/aromatic N) is 3. The van der Waals surface area contributed by atoms with Crippen LogP contribution in [0.4, 0.5) is 10.8 Å². The fourth-order valence-electron chi connectivity index (χ4n) is 3.17. The van der Waals surface area contributed by atoms with Crippen molar-refractivity contribution in [2.24, 2.45) is 0 Å². The molecule has 7 nitrogen and oxygen atoms in total. The maximum absolute atomic E-state index is 12.6. The summed E-state index contributed by atoms with van der Waals surface area (Å²) in [6.07, 6.45) is 2.42. The molecule has 0 spiro atoms. The summed E-state index contributed by atoms with van der Waals surface area (Å²) < 4.78 is 19.3. The van der Waals surface area contributed by atoms with Gasteiger partial charge in [-0.15, -0.1) is 5.10 Å². The van der Waals surface area contributed by atoms with Gasteiger partial charge in [0.1, 0.15) is 0 Å². The Hall–Kier alpha value is -2.10. The Morgan fingerprint density at radius 1 is 1.32 bits per heavy atom. The van der Waals surface area contributed by atoms with Gasteiger partial charge in [-0.1, -0.05) is 30.4 Å². The standard InChI is InChI=1S/C19H22N4O3S2/c1-2-14-11-17(24)23-19(21-14)27-18(22-23)20-15-5-3-4-13(10-15)12-28(25)16-6-8-26-9-7-16/h3-5,10-11,16H,2,6-9,12H2,1H3,(H,20,22). The highest BCUT2D eigenvalue weighted by Crippen LogP contribution is 2.24. The molecule has 1 atom stereocenters. The molecule has 28 heavy (non-hydrogen) atoms. The molecule has 3 heterocycles. The van der Waals surface area contributed by atoms with Gasteiger partial charge in [-0.05, 0) is 37.0 Å². The number of hydrogen-bond acceptors (Lipinski definition) is 7. The number of ether oxygens (including phenoxy) is 1. The van der Waals surface area contributed by atoms with Crippen molar-refractivity contribution in [2.75, 3.05) is 18.5 Å². The van der Waals surface area contributed by atoms with Gasteiger partial charge in [0.05, 0.1) is 0 Å². The van der Waals surface area contributed by atoms with E-state index < -0.39 is 10.8 Å². The fourth-order valence-corrected chi connectivity index (χ4v) is 5.48. The lowest BCUT2D eigenvalue weighted by Crippen LogP contribution is -2.25. The zero-order valence-corrected chi connectivity index (χ0v) is 17.2. The third-order valence-corrected chi connectivity index (χ3v) is 7.34. The van der Waals surface area contributed by atoms with Crippen LogP contribution in [0.5, 0.6) is 0 Å². The molecule has 0 bridgehead atoms. The number of nitrogens with one attached hydrogen (secondary N) is 1. The second-order valence-corrected chi connectivity index (χ2v) is 9.38. The molecule has 0 aliphatic carbocycles. The first-order valence-corrected chi connectivity index (χ1v) is 11.5. The Balaban J connectivity index is 1.50. The van der Waals surface area contributed by atoms with E-state index in [1.807, 2.05) is 31.2 Å². The molecule has 148 valence electrons. The van der Waals surface area contributed by atoms with Gasteiger partial charge in [0.2, 0.25) is 10.1 Å². The minimum Gasteiger partial charge on any atom is -0.381 e. The van der Waals surface area contributed by atoms with E-state index in [9.17, 15) is 9.00 Å². The minimum absolute atomic E-state index is 0.174. The zero-order valence-electron chi connectivity index (χ0n) is 15.6. The van der Waals surface area contributed by atoms with Gasteiger partial charge in [0.15, 0.2) is 0 Å². The van der Waals surface area contributed by atoms with Crippen LogP contribution < -0.4 is 10.9 Å². The van der Waals surface area contributed by atoms with E-state index in [1.165, 1.54) is 21.9 Å². The summed E-state index contributed by atoms with van der Waals surface area (Å²) in [5.41, 5.74) is 2.45. The lowest BCUT2D eigenvalue weighted by molar-refractivity contribution is 0.0992. The van der Waals surface area contributed by atoms with Gasteiger partial charge >= 0.3 is 0 Å². The predicted molar refractivity (Wildman–Crippen MR) is 112 cm³/mol. The molecule has 1 N–H and O–H groups in total. The Labute approximate surface area is 169 Å². The number of fused-ring (bicyclic) bond motifs is 1. The highest BCUT2D eigenvalue weighted by Gasteiger charge is 2.20. The quantitative estimate of drug-likeness (QED) is 0.663. The highest BCUT2D eigenvalue weighted by atomic mass is 32.2. The molecule has 1 unspecified atom stereocenters. The summed E-state index contributed by atoms with van der Waals surface area (Å²) >= 11 is 1.33. The van der Waals surface area contributed by atoms with Crippen LogP contribution in [0.15, 0.2) is 35.1 Å². The van der Waals surface area contributed by atoms with E-state index in [-0.39, 0.29) is 10.8 Å². The maximum atomic E-state index is 12.6. The fraction of sp³-hybridized carbons (Fsp3) is 0.421. The lowest BCUT2D eigenvalue weighted by atomic mass is 10.2. The van der Waals surface area contributed by atoms with Gasteiger partial charge in [-0.3, -0.25) is 9.00 Å². The van der Waals surface area contributed by atoms with E-state index in [0.717, 1.165) is 29.8 Å². The van der Waals surface area contributed by atoms with Crippen LogP contribution in [-0.2, 0) is 27.7 Å². The van der Waals surface area contributed by atoms with Crippen molar-refractivity contribution >= 4 is 37.9 Å².